The number of aryl methyl sites for hydroxylation is 1. The number of carbonyl (C=O) groups is 1. The Labute approximate surface area is 257 Å². The van der Waals surface area contributed by atoms with E-state index in [0.29, 0.717) is 46.0 Å². The van der Waals surface area contributed by atoms with Gasteiger partial charge in [0.05, 0.1) is 18.4 Å². The average Bonchev–Trinajstić information content (AvgIpc) is 3.47. The quantitative estimate of drug-likeness (QED) is 0.307. The Morgan fingerprint density at radius 1 is 1.02 bits per heavy atom. The maximum Gasteiger partial charge on any atom is 0.256 e. The molecular formula is C32H41N9O3. The lowest BCUT2D eigenvalue weighted by atomic mass is 9.93. The maximum atomic E-state index is 13.1. The third-order valence-corrected chi connectivity index (χ3v) is 8.32. The zero-order valence-corrected chi connectivity index (χ0v) is 26.3. The third kappa shape index (κ3) is 6.51. The van der Waals surface area contributed by atoms with Crippen molar-refractivity contribution in [2.24, 2.45) is 0 Å². The summed E-state index contributed by atoms with van der Waals surface area (Å²) in [5.41, 5.74) is 3.22. The van der Waals surface area contributed by atoms with Gasteiger partial charge in [-0.2, -0.15) is 0 Å². The highest BCUT2D eigenvalue weighted by molar-refractivity contribution is 6.04. The summed E-state index contributed by atoms with van der Waals surface area (Å²) in [6.45, 7) is 16.1. The third-order valence-electron chi connectivity index (χ3n) is 8.32. The SMILES string of the molecule is Cc1ccc(C(=O)Nc2cc(C(C)(C)C)on2)cc1Nc1ncnc2cnc(N3CCC(N4C[C@@H](C)O[C@@H](C)C4)CC3)nc12. The molecule has 12 heteroatoms. The number of anilines is 4. The van der Waals surface area contributed by atoms with Crippen LogP contribution >= 0.6 is 0 Å². The summed E-state index contributed by atoms with van der Waals surface area (Å²) in [4.78, 5) is 36.4. The van der Waals surface area contributed by atoms with E-state index in [9.17, 15) is 4.79 Å². The normalized spacial score (nSPS) is 20.2. The molecule has 0 radical (unpaired) electrons. The summed E-state index contributed by atoms with van der Waals surface area (Å²) < 4.78 is 11.3. The first-order valence-corrected chi connectivity index (χ1v) is 15.3. The van der Waals surface area contributed by atoms with Crippen LogP contribution in [0.15, 0.2) is 41.3 Å². The standard InChI is InChI=1S/C32H41N9O3/c1-19-7-8-22(30(42)37-27-14-26(44-39-27)32(4,5)6)13-24(19)36-29-28-25(34-18-35-29)15-33-31(38-28)40-11-9-23(10-12-40)41-16-20(2)43-21(3)17-41/h7-8,13-15,18,20-21,23H,9-12,16-17H2,1-6H3,(H,34,35,36)(H,37,39,42)/t20-,21+. The van der Waals surface area contributed by atoms with Gasteiger partial charge in [-0.15, -0.1) is 0 Å². The molecule has 2 aliphatic rings. The summed E-state index contributed by atoms with van der Waals surface area (Å²) in [6.07, 6.45) is 5.88. The number of ether oxygens (including phenoxy) is 1. The van der Waals surface area contributed by atoms with Gasteiger partial charge in [0.1, 0.15) is 23.1 Å². The number of nitrogens with zero attached hydrogens (tertiary/aromatic N) is 7. The van der Waals surface area contributed by atoms with E-state index in [1.54, 1.807) is 24.4 Å². The lowest BCUT2D eigenvalue weighted by Gasteiger charge is -2.43. The molecule has 0 bridgehead atoms. The topological polar surface area (TPSA) is 134 Å². The molecule has 2 atom stereocenters. The molecule has 2 aliphatic heterocycles. The second-order valence-electron chi connectivity index (χ2n) is 13.0. The van der Waals surface area contributed by atoms with E-state index >= 15 is 0 Å². The van der Waals surface area contributed by atoms with Crippen LogP contribution in [0.25, 0.3) is 11.0 Å². The van der Waals surface area contributed by atoms with Gasteiger partial charge in [-0.3, -0.25) is 9.69 Å². The van der Waals surface area contributed by atoms with Crippen molar-refractivity contribution in [2.45, 2.75) is 78.0 Å². The number of morpholine rings is 1. The molecule has 6 rings (SSSR count). The van der Waals surface area contributed by atoms with Crippen LogP contribution in [-0.2, 0) is 10.2 Å². The minimum atomic E-state index is -0.289. The van der Waals surface area contributed by atoms with E-state index < -0.39 is 0 Å². The Kier molecular flexibility index (Phi) is 8.21. The highest BCUT2D eigenvalue weighted by Crippen LogP contribution is 2.29. The number of amides is 1. The minimum absolute atomic E-state index is 0.211. The van der Waals surface area contributed by atoms with E-state index in [4.69, 9.17) is 14.2 Å². The molecule has 232 valence electrons. The first-order chi connectivity index (χ1) is 21.0. The average molecular weight is 600 g/mol. The number of benzene rings is 1. The fraction of sp³-hybridized carbons (Fsp3) is 0.500. The molecule has 2 N–H and O–H groups in total. The van der Waals surface area contributed by atoms with Crippen LogP contribution in [-0.4, -0.2) is 80.3 Å². The van der Waals surface area contributed by atoms with Crippen LogP contribution in [0.4, 0.5) is 23.3 Å². The maximum absolute atomic E-state index is 13.1. The van der Waals surface area contributed by atoms with Crippen LogP contribution in [0.5, 0.6) is 0 Å². The lowest BCUT2D eigenvalue weighted by molar-refractivity contribution is -0.0826. The largest absolute Gasteiger partial charge is 0.373 e. The Morgan fingerprint density at radius 2 is 1.77 bits per heavy atom. The Balaban J connectivity index is 1.17. The number of hydrogen-bond donors (Lipinski definition) is 2. The van der Waals surface area contributed by atoms with E-state index in [0.717, 1.165) is 50.3 Å². The fourth-order valence-electron chi connectivity index (χ4n) is 5.94. The molecule has 0 unspecified atom stereocenters. The second-order valence-corrected chi connectivity index (χ2v) is 13.0. The van der Waals surface area contributed by atoms with Crippen LogP contribution < -0.4 is 15.5 Å². The van der Waals surface area contributed by atoms with Gasteiger partial charge in [-0.05, 0) is 51.3 Å². The number of nitrogens with one attached hydrogen (secondary N) is 2. The van der Waals surface area contributed by atoms with Crippen molar-refractivity contribution in [3.05, 3.63) is 53.7 Å². The van der Waals surface area contributed by atoms with Gasteiger partial charge in [0.15, 0.2) is 11.6 Å². The molecule has 2 fully saturated rings. The summed E-state index contributed by atoms with van der Waals surface area (Å²) in [5, 5.41) is 10.2. The first-order valence-electron chi connectivity index (χ1n) is 15.3. The smallest absolute Gasteiger partial charge is 0.256 e. The summed E-state index contributed by atoms with van der Waals surface area (Å²) >= 11 is 0. The molecule has 0 saturated carbocycles. The summed E-state index contributed by atoms with van der Waals surface area (Å²) in [5.74, 6) is 2.01. The molecule has 2 saturated heterocycles. The Hall–Kier alpha value is -4.16. The zero-order valence-electron chi connectivity index (χ0n) is 26.3. The van der Waals surface area contributed by atoms with Crippen molar-refractivity contribution in [3.8, 4) is 0 Å². The number of piperidine rings is 1. The number of rotatable bonds is 6. The summed E-state index contributed by atoms with van der Waals surface area (Å²) in [6, 6.07) is 7.76. The van der Waals surface area contributed by atoms with Gasteiger partial charge in [-0.25, -0.2) is 19.9 Å². The zero-order chi connectivity index (χ0) is 31.0. The molecule has 12 nitrogen and oxygen atoms in total. The van der Waals surface area contributed by atoms with E-state index in [-0.39, 0.29) is 23.5 Å². The van der Waals surface area contributed by atoms with Gasteiger partial charge in [-0.1, -0.05) is 32.0 Å². The monoisotopic (exact) mass is 599 g/mol. The van der Waals surface area contributed by atoms with Crippen molar-refractivity contribution in [2.75, 3.05) is 41.7 Å². The van der Waals surface area contributed by atoms with Gasteiger partial charge in [0, 0.05) is 55.0 Å². The van der Waals surface area contributed by atoms with Gasteiger partial charge in [0.2, 0.25) is 5.95 Å². The molecule has 4 aromatic rings. The van der Waals surface area contributed by atoms with Crippen LogP contribution in [0, 0.1) is 6.92 Å². The van der Waals surface area contributed by atoms with Gasteiger partial charge >= 0.3 is 0 Å². The van der Waals surface area contributed by atoms with Crippen LogP contribution in [0.1, 0.15) is 69.1 Å². The highest BCUT2D eigenvalue weighted by Gasteiger charge is 2.31. The van der Waals surface area contributed by atoms with Crippen molar-refractivity contribution >= 4 is 40.2 Å². The van der Waals surface area contributed by atoms with Crippen LogP contribution in [0.2, 0.25) is 0 Å². The molecule has 44 heavy (non-hydrogen) atoms. The number of hydrogen-bond acceptors (Lipinski definition) is 11. The summed E-state index contributed by atoms with van der Waals surface area (Å²) in [7, 11) is 0. The van der Waals surface area contributed by atoms with Gasteiger partial charge < -0.3 is 24.8 Å². The van der Waals surface area contributed by atoms with Crippen LogP contribution in [0.3, 0.4) is 0 Å². The Morgan fingerprint density at radius 3 is 2.48 bits per heavy atom. The first kappa shape index (κ1) is 29.9. The van der Waals surface area contributed by atoms with Crippen molar-refractivity contribution in [1.29, 1.82) is 0 Å². The number of aromatic nitrogens is 5. The molecular weight excluding hydrogens is 558 g/mol. The van der Waals surface area contributed by atoms with Crippen molar-refractivity contribution in [1.82, 2.24) is 30.0 Å². The fourth-order valence-corrected chi connectivity index (χ4v) is 5.94. The van der Waals surface area contributed by atoms with Gasteiger partial charge in [0.25, 0.3) is 5.91 Å². The van der Waals surface area contributed by atoms with Crippen molar-refractivity contribution in [3.63, 3.8) is 0 Å². The van der Waals surface area contributed by atoms with E-state index in [1.807, 2.05) is 33.8 Å². The molecule has 1 amide bonds. The minimum Gasteiger partial charge on any atom is -0.373 e. The van der Waals surface area contributed by atoms with Crippen molar-refractivity contribution < 1.29 is 14.1 Å². The molecule has 0 aliphatic carbocycles. The molecule has 3 aromatic heterocycles. The lowest BCUT2D eigenvalue weighted by Crippen LogP contribution is -2.53. The predicted molar refractivity (Wildman–Crippen MR) is 170 cm³/mol. The predicted octanol–water partition coefficient (Wildman–Crippen LogP) is 5.09. The van der Waals surface area contributed by atoms with E-state index in [1.165, 1.54) is 6.33 Å². The second kappa shape index (κ2) is 12.1. The number of carbonyl (C=O) groups excluding carboxylic acids is 1. The molecule has 5 heterocycles. The molecule has 0 spiro atoms. The van der Waals surface area contributed by atoms with E-state index in [2.05, 4.69) is 54.4 Å². The highest BCUT2D eigenvalue weighted by atomic mass is 16.5. The molecule has 1 aromatic carbocycles. The number of fused-ring (bicyclic) bond motifs is 1. The Bertz CT molecular complexity index is 1630.